The van der Waals surface area contributed by atoms with Crippen LogP contribution in [0.25, 0.3) is 15.6 Å². The smallest absolute Gasteiger partial charge is 0.264 e. The zero-order valence-electron chi connectivity index (χ0n) is 10.8. The van der Waals surface area contributed by atoms with Crippen molar-refractivity contribution in [2.45, 2.75) is 13.1 Å². The zero-order chi connectivity index (χ0) is 15.0. The van der Waals surface area contributed by atoms with Gasteiger partial charge in [-0.05, 0) is 25.1 Å². The minimum absolute atomic E-state index is 0.560. The molecule has 0 atom stereocenters. The molecule has 3 aromatic rings. The van der Waals surface area contributed by atoms with Crippen molar-refractivity contribution < 1.29 is 13.2 Å². The van der Waals surface area contributed by atoms with Crippen LogP contribution in [-0.4, -0.2) is 19.7 Å². The quantitative estimate of drug-likeness (QED) is 0.724. The van der Waals surface area contributed by atoms with E-state index in [4.69, 9.17) is 0 Å². The zero-order valence-corrected chi connectivity index (χ0v) is 11.6. The fourth-order valence-corrected chi connectivity index (χ4v) is 2.79. The van der Waals surface area contributed by atoms with Crippen molar-refractivity contribution in [3.8, 4) is 15.6 Å². The van der Waals surface area contributed by atoms with E-state index in [1.807, 2.05) is 6.07 Å². The molecule has 0 aliphatic rings. The maximum atomic E-state index is 12.6. The number of aromatic nitrogens is 4. The molecule has 4 nitrogen and oxygen atoms in total. The number of thiazole rings is 1. The van der Waals surface area contributed by atoms with Crippen LogP contribution in [0, 0.1) is 6.92 Å². The third-order valence-corrected chi connectivity index (χ3v) is 3.96. The van der Waals surface area contributed by atoms with Crippen molar-refractivity contribution >= 4 is 11.3 Å². The highest BCUT2D eigenvalue weighted by atomic mass is 32.1. The van der Waals surface area contributed by atoms with Crippen molar-refractivity contribution in [2.75, 3.05) is 0 Å². The van der Waals surface area contributed by atoms with Crippen molar-refractivity contribution in [1.29, 1.82) is 0 Å². The van der Waals surface area contributed by atoms with Gasteiger partial charge >= 0.3 is 6.18 Å². The van der Waals surface area contributed by atoms with E-state index < -0.39 is 11.9 Å². The Labute approximate surface area is 121 Å². The highest BCUT2D eigenvalue weighted by Gasteiger charge is 2.33. The molecule has 0 spiro atoms. The molecule has 108 valence electrons. The molecule has 21 heavy (non-hydrogen) atoms. The molecule has 0 amide bonds. The van der Waals surface area contributed by atoms with Gasteiger partial charge in [-0.15, -0.1) is 0 Å². The van der Waals surface area contributed by atoms with Crippen LogP contribution in [0.4, 0.5) is 13.2 Å². The second-order valence-electron chi connectivity index (χ2n) is 4.29. The average molecular weight is 310 g/mol. The molecule has 0 aromatic carbocycles. The molecular weight excluding hydrogens is 301 g/mol. The standard InChI is InChI=1S/C13H9F3N4S/c1-8-12(20-6-4-10(19-20)13(14,15)16)21-11(18-8)9-3-2-5-17-7-9/h2-7H,1H3. The predicted molar refractivity (Wildman–Crippen MR) is 72.2 cm³/mol. The number of rotatable bonds is 2. The van der Waals surface area contributed by atoms with Gasteiger partial charge in [-0.2, -0.15) is 18.3 Å². The maximum absolute atomic E-state index is 12.6. The number of alkyl halides is 3. The molecule has 0 aliphatic carbocycles. The minimum atomic E-state index is -4.45. The Morgan fingerprint density at radius 2 is 2.05 bits per heavy atom. The lowest BCUT2D eigenvalue weighted by atomic mass is 10.3. The van der Waals surface area contributed by atoms with Gasteiger partial charge in [-0.3, -0.25) is 4.98 Å². The van der Waals surface area contributed by atoms with Gasteiger partial charge in [0.1, 0.15) is 10.0 Å². The summed E-state index contributed by atoms with van der Waals surface area (Å²) in [6.07, 6.45) is 0.145. The molecule has 3 aromatic heterocycles. The Hall–Kier alpha value is -2.22. The summed E-state index contributed by atoms with van der Waals surface area (Å²) in [6.45, 7) is 1.74. The summed E-state index contributed by atoms with van der Waals surface area (Å²) in [7, 11) is 0. The van der Waals surface area contributed by atoms with Gasteiger partial charge in [0.25, 0.3) is 0 Å². The molecular formula is C13H9F3N4S. The lowest BCUT2D eigenvalue weighted by molar-refractivity contribution is -0.141. The van der Waals surface area contributed by atoms with Crippen LogP contribution in [0.2, 0.25) is 0 Å². The number of aryl methyl sites for hydroxylation is 1. The van der Waals surface area contributed by atoms with Crippen molar-refractivity contribution in [3.63, 3.8) is 0 Å². The van der Waals surface area contributed by atoms with Crippen LogP contribution < -0.4 is 0 Å². The number of halogens is 3. The molecule has 8 heteroatoms. The number of hydrogen-bond donors (Lipinski definition) is 0. The summed E-state index contributed by atoms with van der Waals surface area (Å²) in [5.74, 6) is 0. The maximum Gasteiger partial charge on any atom is 0.435 e. The minimum Gasteiger partial charge on any atom is -0.264 e. The molecule has 0 saturated heterocycles. The SMILES string of the molecule is Cc1nc(-c2cccnc2)sc1-n1ccc(C(F)(F)F)n1. The molecule has 0 bridgehead atoms. The van der Waals surface area contributed by atoms with Crippen molar-refractivity contribution in [3.05, 3.63) is 48.2 Å². The first-order valence-corrected chi connectivity index (χ1v) is 6.78. The van der Waals surface area contributed by atoms with Gasteiger partial charge in [-0.25, -0.2) is 9.67 Å². The van der Waals surface area contributed by atoms with Gasteiger partial charge in [0.15, 0.2) is 5.69 Å². The van der Waals surface area contributed by atoms with Crippen LogP contribution in [0.5, 0.6) is 0 Å². The van der Waals surface area contributed by atoms with Gasteiger partial charge in [0.2, 0.25) is 0 Å². The van der Waals surface area contributed by atoms with Crippen LogP contribution in [0.15, 0.2) is 36.8 Å². The molecule has 0 N–H and O–H groups in total. The van der Waals surface area contributed by atoms with Crippen LogP contribution in [-0.2, 0) is 6.18 Å². The van der Waals surface area contributed by atoms with Crippen LogP contribution in [0.3, 0.4) is 0 Å². The fourth-order valence-electron chi connectivity index (χ4n) is 1.80. The van der Waals surface area contributed by atoms with E-state index in [-0.39, 0.29) is 0 Å². The molecule has 3 rings (SSSR count). The summed E-state index contributed by atoms with van der Waals surface area (Å²) in [6, 6.07) is 4.57. The van der Waals surface area contributed by atoms with Gasteiger partial charge in [0, 0.05) is 24.2 Å². The average Bonchev–Trinajstić information content (AvgIpc) is 3.05. The van der Waals surface area contributed by atoms with E-state index in [0.717, 1.165) is 11.6 Å². The Morgan fingerprint density at radius 1 is 1.24 bits per heavy atom. The van der Waals surface area contributed by atoms with E-state index in [1.165, 1.54) is 22.2 Å². The van der Waals surface area contributed by atoms with E-state index in [2.05, 4.69) is 15.1 Å². The first-order chi connectivity index (χ1) is 9.95. The largest absolute Gasteiger partial charge is 0.435 e. The fraction of sp³-hybridized carbons (Fsp3) is 0.154. The van der Waals surface area contributed by atoms with Gasteiger partial charge in [0.05, 0.1) is 5.69 Å². The molecule has 0 fully saturated rings. The molecule has 0 aliphatic heterocycles. The Morgan fingerprint density at radius 3 is 2.67 bits per heavy atom. The summed E-state index contributed by atoms with van der Waals surface area (Å²) in [5.41, 5.74) is 0.522. The van der Waals surface area contributed by atoms with Gasteiger partial charge in [-0.1, -0.05) is 11.3 Å². The summed E-state index contributed by atoms with van der Waals surface area (Å²) in [5, 5.41) is 4.82. The number of nitrogens with zero attached hydrogens (tertiary/aromatic N) is 4. The second-order valence-corrected chi connectivity index (χ2v) is 5.27. The van der Waals surface area contributed by atoms with E-state index in [0.29, 0.717) is 15.7 Å². The Kier molecular flexibility index (Phi) is 3.25. The van der Waals surface area contributed by atoms with Gasteiger partial charge < -0.3 is 0 Å². The first-order valence-electron chi connectivity index (χ1n) is 5.96. The molecule has 0 saturated carbocycles. The topological polar surface area (TPSA) is 43.6 Å². The van der Waals surface area contributed by atoms with Crippen LogP contribution >= 0.6 is 11.3 Å². The third kappa shape index (κ3) is 2.66. The number of hydrogen-bond acceptors (Lipinski definition) is 4. The summed E-state index contributed by atoms with van der Waals surface area (Å²) < 4.78 is 39.0. The molecule has 0 unspecified atom stereocenters. The lowest BCUT2D eigenvalue weighted by Gasteiger charge is -2.01. The lowest BCUT2D eigenvalue weighted by Crippen LogP contribution is -2.07. The van der Waals surface area contributed by atoms with E-state index >= 15 is 0 Å². The van der Waals surface area contributed by atoms with Crippen LogP contribution in [0.1, 0.15) is 11.4 Å². The molecule has 3 heterocycles. The summed E-state index contributed by atoms with van der Waals surface area (Å²) in [4.78, 5) is 8.37. The Bertz CT molecular complexity index is 761. The second kappa shape index (κ2) is 4.96. The summed E-state index contributed by atoms with van der Waals surface area (Å²) >= 11 is 1.27. The monoisotopic (exact) mass is 310 g/mol. The van der Waals surface area contributed by atoms with E-state index in [9.17, 15) is 13.2 Å². The highest BCUT2D eigenvalue weighted by molar-refractivity contribution is 7.17. The van der Waals surface area contributed by atoms with E-state index in [1.54, 1.807) is 25.4 Å². The predicted octanol–water partition coefficient (Wildman–Crippen LogP) is 3.72. The highest BCUT2D eigenvalue weighted by Crippen LogP contribution is 2.32. The first kappa shape index (κ1) is 13.7. The third-order valence-electron chi connectivity index (χ3n) is 2.77. The normalized spacial score (nSPS) is 11.8. The number of pyridine rings is 1. The van der Waals surface area contributed by atoms with Crippen molar-refractivity contribution in [1.82, 2.24) is 19.7 Å². The Balaban J connectivity index is 2.00. The van der Waals surface area contributed by atoms with Crippen molar-refractivity contribution in [2.24, 2.45) is 0 Å². The molecule has 0 radical (unpaired) electrons.